The van der Waals surface area contributed by atoms with E-state index in [0.717, 1.165) is 40.6 Å². The molecule has 0 radical (unpaired) electrons. The minimum atomic E-state index is -0.455. The van der Waals surface area contributed by atoms with Gasteiger partial charge in [-0.05, 0) is 31.9 Å². The van der Waals surface area contributed by atoms with Crippen molar-refractivity contribution in [2.45, 2.75) is 37.5 Å². The van der Waals surface area contributed by atoms with Crippen LogP contribution in [0, 0.1) is 6.92 Å². The minimum Gasteiger partial charge on any atom is -0.335 e. The van der Waals surface area contributed by atoms with E-state index in [9.17, 15) is 9.59 Å². The van der Waals surface area contributed by atoms with E-state index in [-0.39, 0.29) is 17.7 Å². The Bertz CT molecular complexity index is 1440. The summed E-state index contributed by atoms with van der Waals surface area (Å²) in [5.74, 6) is 0.319. The number of pyridine rings is 1. The van der Waals surface area contributed by atoms with Gasteiger partial charge in [-0.2, -0.15) is 0 Å². The number of aromatic nitrogens is 4. The topological polar surface area (TPSA) is 102 Å². The fourth-order valence-electron chi connectivity index (χ4n) is 3.86. The van der Waals surface area contributed by atoms with Crippen molar-refractivity contribution in [2.75, 3.05) is 5.75 Å². The molecule has 8 nitrogen and oxygen atoms in total. The molecule has 36 heavy (non-hydrogen) atoms. The van der Waals surface area contributed by atoms with Gasteiger partial charge >= 0.3 is 6.03 Å². The molecule has 0 saturated heterocycles. The first-order valence-electron chi connectivity index (χ1n) is 11.8. The SMILES string of the molecule is C=CCn1c(SCC(=O)NC(=O)NC2CC2)nnc1-c1cc(-c2ccc(C)cc2)nc2ccccc12. The monoisotopic (exact) mass is 498 g/mol. The molecule has 4 aromatic rings. The highest BCUT2D eigenvalue weighted by atomic mass is 32.2. The van der Waals surface area contributed by atoms with Crippen LogP contribution in [0.25, 0.3) is 33.5 Å². The van der Waals surface area contributed by atoms with Crippen LogP contribution in [0.3, 0.4) is 0 Å². The van der Waals surface area contributed by atoms with Gasteiger partial charge in [0, 0.05) is 29.1 Å². The molecule has 2 heterocycles. The van der Waals surface area contributed by atoms with Gasteiger partial charge in [0.1, 0.15) is 0 Å². The lowest BCUT2D eigenvalue weighted by atomic mass is 10.0. The fourth-order valence-corrected chi connectivity index (χ4v) is 4.61. The van der Waals surface area contributed by atoms with Gasteiger partial charge in [-0.25, -0.2) is 9.78 Å². The Kier molecular flexibility index (Phi) is 6.81. The number of nitrogens with one attached hydrogen (secondary N) is 2. The zero-order valence-corrected chi connectivity index (χ0v) is 20.7. The molecule has 3 amide bonds. The number of urea groups is 1. The van der Waals surface area contributed by atoms with Crippen molar-refractivity contribution in [3.63, 3.8) is 0 Å². The van der Waals surface area contributed by atoms with Crippen molar-refractivity contribution < 1.29 is 9.59 Å². The smallest absolute Gasteiger partial charge is 0.321 e. The first-order chi connectivity index (χ1) is 17.5. The molecule has 0 unspecified atom stereocenters. The summed E-state index contributed by atoms with van der Waals surface area (Å²) in [5, 5.41) is 15.5. The van der Waals surface area contributed by atoms with E-state index in [2.05, 4.69) is 58.6 Å². The molecule has 1 aliphatic rings. The van der Waals surface area contributed by atoms with E-state index in [1.807, 2.05) is 34.9 Å². The lowest BCUT2D eigenvalue weighted by Gasteiger charge is -2.12. The van der Waals surface area contributed by atoms with Crippen LogP contribution in [0.4, 0.5) is 4.79 Å². The van der Waals surface area contributed by atoms with E-state index in [4.69, 9.17) is 4.98 Å². The highest BCUT2D eigenvalue weighted by molar-refractivity contribution is 7.99. The molecule has 182 valence electrons. The first-order valence-corrected chi connectivity index (χ1v) is 12.7. The predicted molar refractivity (Wildman–Crippen MR) is 142 cm³/mol. The first kappa shape index (κ1) is 23.7. The summed E-state index contributed by atoms with van der Waals surface area (Å²) in [4.78, 5) is 29.0. The Morgan fingerprint density at radius 3 is 2.67 bits per heavy atom. The number of aryl methyl sites for hydroxylation is 1. The molecule has 9 heteroatoms. The number of carbonyl (C=O) groups is 2. The average molecular weight is 499 g/mol. The lowest BCUT2D eigenvalue weighted by Crippen LogP contribution is -2.41. The molecule has 1 fully saturated rings. The minimum absolute atomic E-state index is 0.0407. The van der Waals surface area contributed by atoms with Crippen LogP contribution in [0.1, 0.15) is 18.4 Å². The highest BCUT2D eigenvalue weighted by Gasteiger charge is 2.24. The second-order valence-corrected chi connectivity index (χ2v) is 9.67. The van der Waals surface area contributed by atoms with Crippen molar-refractivity contribution >= 4 is 34.6 Å². The predicted octanol–water partition coefficient (Wildman–Crippen LogP) is 4.74. The molecule has 5 rings (SSSR count). The molecule has 0 aliphatic heterocycles. The molecule has 1 aliphatic carbocycles. The second-order valence-electron chi connectivity index (χ2n) is 8.73. The third-order valence-electron chi connectivity index (χ3n) is 5.83. The maximum absolute atomic E-state index is 12.3. The fraction of sp³-hybridized carbons (Fsp3) is 0.222. The van der Waals surface area contributed by atoms with Gasteiger partial charge in [-0.3, -0.25) is 14.7 Å². The zero-order chi connectivity index (χ0) is 25.1. The third-order valence-corrected chi connectivity index (χ3v) is 6.80. The van der Waals surface area contributed by atoms with E-state index < -0.39 is 6.03 Å². The van der Waals surface area contributed by atoms with Crippen LogP contribution in [0.2, 0.25) is 0 Å². The van der Waals surface area contributed by atoms with Crippen molar-refractivity contribution in [1.29, 1.82) is 0 Å². The van der Waals surface area contributed by atoms with E-state index in [1.165, 1.54) is 17.3 Å². The Morgan fingerprint density at radius 1 is 1.14 bits per heavy atom. The van der Waals surface area contributed by atoms with Crippen molar-refractivity contribution in [1.82, 2.24) is 30.4 Å². The van der Waals surface area contributed by atoms with Crippen LogP contribution in [0.15, 0.2) is 72.4 Å². The van der Waals surface area contributed by atoms with Crippen LogP contribution < -0.4 is 10.6 Å². The second kappa shape index (κ2) is 10.3. The number of allylic oxidation sites excluding steroid dienone is 1. The van der Waals surface area contributed by atoms with Crippen molar-refractivity contribution in [3.8, 4) is 22.6 Å². The van der Waals surface area contributed by atoms with Gasteiger partial charge in [0.15, 0.2) is 11.0 Å². The van der Waals surface area contributed by atoms with E-state index in [0.29, 0.717) is 17.5 Å². The number of benzene rings is 2. The number of amides is 3. The molecule has 2 N–H and O–H groups in total. The average Bonchev–Trinajstić information content (AvgIpc) is 3.60. The quantitative estimate of drug-likeness (QED) is 0.269. The van der Waals surface area contributed by atoms with Gasteiger partial charge in [-0.15, -0.1) is 16.8 Å². The van der Waals surface area contributed by atoms with Crippen molar-refractivity contribution in [3.05, 3.63) is 72.8 Å². The number of hydrogen-bond donors (Lipinski definition) is 2. The van der Waals surface area contributed by atoms with Crippen LogP contribution >= 0.6 is 11.8 Å². The summed E-state index contributed by atoms with van der Waals surface area (Å²) < 4.78 is 1.93. The molecule has 0 spiro atoms. The molecule has 0 atom stereocenters. The molecule has 0 bridgehead atoms. The maximum atomic E-state index is 12.3. The largest absolute Gasteiger partial charge is 0.335 e. The summed E-state index contributed by atoms with van der Waals surface area (Å²) in [5.41, 5.74) is 4.78. The Balaban J connectivity index is 1.46. The van der Waals surface area contributed by atoms with Crippen molar-refractivity contribution in [2.24, 2.45) is 0 Å². The number of fused-ring (bicyclic) bond motifs is 1. The third kappa shape index (κ3) is 5.31. The number of carbonyl (C=O) groups excluding carboxylic acids is 2. The number of thioether (sulfide) groups is 1. The number of hydrogen-bond acceptors (Lipinski definition) is 6. The van der Waals surface area contributed by atoms with Gasteiger partial charge in [0.25, 0.3) is 0 Å². The molecule has 2 aromatic heterocycles. The summed E-state index contributed by atoms with van der Waals surface area (Å²) >= 11 is 1.23. The van der Waals surface area contributed by atoms with E-state index in [1.54, 1.807) is 6.08 Å². The summed E-state index contributed by atoms with van der Waals surface area (Å²) in [6, 6.07) is 17.9. The van der Waals surface area contributed by atoms with Crippen LogP contribution in [0.5, 0.6) is 0 Å². The van der Waals surface area contributed by atoms with Gasteiger partial charge in [0.2, 0.25) is 5.91 Å². The lowest BCUT2D eigenvalue weighted by molar-refractivity contribution is -0.117. The normalized spacial score (nSPS) is 12.9. The van der Waals surface area contributed by atoms with E-state index >= 15 is 0 Å². The number of rotatable bonds is 8. The Labute approximate surface area is 213 Å². The number of nitrogens with zero attached hydrogens (tertiary/aromatic N) is 4. The zero-order valence-electron chi connectivity index (χ0n) is 19.9. The van der Waals surface area contributed by atoms with Gasteiger partial charge in [0.05, 0.1) is 17.0 Å². The summed E-state index contributed by atoms with van der Waals surface area (Å²) in [7, 11) is 0. The number of para-hydroxylation sites is 1. The Hall–Kier alpha value is -3.98. The van der Waals surface area contributed by atoms with Crippen LogP contribution in [-0.4, -0.2) is 43.5 Å². The van der Waals surface area contributed by atoms with Gasteiger partial charge < -0.3 is 5.32 Å². The Morgan fingerprint density at radius 2 is 1.92 bits per heavy atom. The van der Waals surface area contributed by atoms with Gasteiger partial charge in [-0.1, -0.05) is 65.9 Å². The molecular formula is C27H26N6O2S. The van der Waals surface area contributed by atoms with Crippen LogP contribution in [-0.2, 0) is 11.3 Å². The summed E-state index contributed by atoms with van der Waals surface area (Å²) in [6.07, 6.45) is 3.68. The molecule has 1 saturated carbocycles. The molecular weight excluding hydrogens is 472 g/mol. The number of imide groups is 1. The highest BCUT2D eigenvalue weighted by Crippen LogP contribution is 2.33. The summed E-state index contributed by atoms with van der Waals surface area (Å²) in [6.45, 7) is 6.40. The molecule has 2 aromatic carbocycles. The maximum Gasteiger partial charge on any atom is 0.321 e. The standard InChI is InChI=1S/C27H26N6O2S/c1-3-14-33-25(31-32-27(33)36-16-24(34)30-26(35)28-19-12-13-19)21-15-23(18-10-8-17(2)9-11-18)29-22-7-5-4-6-20(21)22/h3-11,15,19H,1,12-14,16H2,2H3,(H2,28,30,34,35).